The third-order valence-electron chi connectivity index (χ3n) is 6.08. The normalized spacial score (nSPS) is 13.2. The van der Waals surface area contributed by atoms with E-state index < -0.39 is 0 Å². The third-order valence-corrected chi connectivity index (χ3v) is 6.08. The first-order chi connectivity index (χ1) is 17.7. The molecule has 7 heteroatoms. The fraction of sp³-hybridized carbons (Fsp3) is 0.103. The number of carbonyl (C=O) groups is 1. The average Bonchev–Trinajstić information content (AvgIpc) is 3.55. The molecule has 0 atom stereocenters. The second kappa shape index (κ2) is 9.46. The van der Waals surface area contributed by atoms with Crippen LogP contribution in [0.25, 0.3) is 39.5 Å². The lowest BCUT2D eigenvalue weighted by molar-refractivity contribution is -0.116. The van der Waals surface area contributed by atoms with Crippen LogP contribution < -0.4 is 10.6 Å². The van der Waals surface area contributed by atoms with E-state index in [1.807, 2.05) is 85.1 Å². The summed E-state index contributed by atoms with van der Waals surface area (Å²) < 4.78 is 0. The summed E-state index contributed by atoms with van der Waals surface area (Å²) in [5.74, 6) is 1.29. The number of amides is 1. The van der Waals surface area contributed by atoms with E-state index in [4.69, 9.17) is 9.97 Å². The second-order valence-electron chi connectivity index (χ2n) is 8.84. The van der Waals surface area contributed by atoms with Crippen LogP contribution in [0.15, 0.2) is 91.3 Å². The number of anilines is 2. The first kappa shape index (κ1) is 21.7. The van der Waals surface area contributed by atoms with E-state index >= 15 is 0 Å². The zero-order valence-electron chi connectivity index (χ0n) is 19.5. The van der Waals surface area contributed by atoms with E-state index in [0.29, 0.717) is 11.9 Å². The molecule has 2 aromatic heterocycles. The Morgan fingerprint density at radius 2 is 1.78 bits per heavy atom. The van der Waals surface area contributed by atoms with Crippen molar-refractivity contribution in [3.05, 3.63) is 96.8 Å². The van der Waals surface area contributed by atoms with Gasteiger partial charge < -0.3 is 10.6 Å². The number of H-pyrrole nitrogens is 1. The van der Waals surface area contributed by atoms with E-state index in [0.717, 1.165) is 57.5 Å². The lowest BCUT2D eigenvalue weighted by Gasteiger charge is -2.12. The molecule has 1 aliphatic carbocycles. The van der Waals surface area contributed by atoms with Gasteiger partial charge in [0.05, 0.1) is 11.7 Å². The van der Waals surface area contributed by atoms with Gasteiger partial charge in [-0.25, -0.2) is 9.97 Å². The minimum atomic E-state index is -0.0601. The minimum absolute atomic E-state index is 0.0601. The van der Waals surface area contributed by atoms with Gasteiger partial charge in [-0.2, -0.15) is 5.10 Å². The first-order valence-electron chi connectivity index (χ1n) is 11.9. The van der Waals surface area contributed by atoms with E-state index in [2.05, 4.69) is 20.8 Å². The molecular weight excluding hydrogens is 448 g/mol. The Morgan fingerprint density at radius 3 is 2.58 bits per heavy atom. The summed E-state index contributed by atoms with van der Waals surface area (Å²) in [7, 11) is 0. The van der Waals surface area contributed by atoms with Gasteiger partial charge in [-0.3, -0.25) is 9.89 Å². The quantitative estimate of drug-likeness (QED) is 0.263. The molecule has 5 aromatic rings. The van der Waals surface area contributed by atoms with Gasteiger partial charge in [0, 0.05) is 40.5 Å². The van der Waals surface area contributed by atoms with E-state index in [9.17, 15) is 4.79 Å². The molecule has 1 amide bonds. The summed E-state index contributed by atoms with van der Waals surface area (Å²) in [5, 5.41) is 14.2. The molecule has 2 heterocycles. The van der Waals surface area contributed by atoms with Crippen molar-refractivity contribution in [1.82, 2.24) is 25.5 Å². The molecule has 0 spiro atoms. The zero-order chi connectivity index (χ0) is 24.3. The standard InChI is InChI=1S/C29H24N6O/c36-27(32-23-13-14-23)15-8-19-4-3-5-21(16-19)28-34-26-7-2-1-6-25(26)29(35-28)33-24-11-9-20(10-12-24)22-17-30-31-18-22/h1-12,15-18,23H,13-14H2,(H,30,31)(H,32,36)(H,33,34,35)/b15-8+. The molecule has 1 saturated carbocycles. The maximum Gasteiger partial charge on any atom is 0.244 e. The molecule has 3 N–H and O–H groups in total. The van der Waals surface area contributed by atoms with Crippen molar-refractivity contribution in [3.8, 4) is 22.5 Å². The number of fused-ring (bicyclic) bond motifs is 1. The van der Waals surface area contributed by atoms with Crippen LogP contribution >= 0.6 is 0 Å². The lowest BCUT2D eigenvalue weighted by Crippen LogP contribution is -2.22. The molecule has 1 fully saturated rings. The Balaban J connectivity index is 1.30. The Hall–Kier alpha value is -4.78. The van der Waals surface area contributed by atoms with Gasteiger partial charge in [0.25, 0.3) is 0 Å². The molecular formula is C29H24N6O. The summed E-state index contributed by atoms with van der Waals surface area (Å²) in [5.41, 5.74) is 5.69. The average molecular weight is 473 g/mol. The summed E-state index contributed by atoms with van der Waals surface area (Å²) in [6, 6.07) is 24.3. The van der Waals surface area contributed by atoms with Gasteiger partial charge >= 0.3 is 0 Å². The first-order valence-corrected chi connectivity index (χ1v) is 11.9. The van der Waals surface area contributed by atoms with E-state index in [1.165, 1.54) is 0 Å². The van der Waals surface area contributed by atoms with Gasteiger partial charge in [-0.1, -0.05) is 42.5 Å². The zero-order valence-corrected chi connectivity index (χ0v) is 19.5. The highest BCUT2D eigenvalue weighted by Gasteiger charge is 2.22. The fourth-order valence-electron chi connectivity index (χ4n) is 4.02. The Morgan fingerprint density at radius 1 is 0.917 bits per heavy atom. The van der Waals surface area contributed by atoms with Gasteiger partial charge in [0.2, 0.25) is 5.91 Å². The maximum atomic E-state index is 12.0. The van der Waals surface area contributed by atoms with E-state index in [1.54, 1.807) is 12.3 Å². The van der Waals surface area contributed by atoms with Crippen LogP contribution in [0.3, 0.4) is 0 Å². The van der Waals surface area contributed by atoms with Gasteiger partial charge in [0.15, 0.2) is 5.82 Å². The van der Waals surface area contributed by atoms with Crippen LogP contribution in [0.1, 0.15) is 18.4 Å². The number of hydrogen-bond donors (Lipinski definition) is 3. The molecule has 3 aromatic carbocycles. The number of benzene rings is 3. The van der Waals surface area contributed by atoms with Gasteiger partial charge in [-0.05, 0) is 60.4 Å². The van der Waals surface area contributed by atoms with Crippen LogP contribution in [0.4, 0.5) is 11.5 Å². The third kappa shape index (κ3) is 4.86. The van der Waals surface area contributed by atoms with Crippen LogP contribution in [0, 0.1) is 0 Å². The van der Waals surface area contributed by atoms with Crippen molar-refractivity contribution in [2.45, 2.75) is 18.9 Å². The SMILES string of the molecule is O=C(/C=C/c1cccc(-c2nc(Nc3ccc(-c4cn[nH]c4)cc3)c3ccccc3n2)c1)NC1CC1. The lowest BCUT2D eigenvalue weighted by atomic mass is 10.1. The molecule has 0 aliphatic heterocycles. The molecule has 0 radical (unpaired) electrons. The molecule has 7 nitrogen and oxygen atoms in total. The number of para-hydroxylation sites is 1. The number of rotatable bonds is 7. The number of aromatic amines is 1. The van der Waals surface area contributed by atoms with Crippen LogP contribution in [-0.2, 0) is 4.79 Å². The predicted octanol–water partition coefficient (Wildman–Crippen LogP) is 5.72. The summed E-state index contributed by atoms with van der Waals surface area (Å²) in [4.78, 5) is 21.7. The molecule has 0 bridgehead atoms. The minimum Gasteiger partial charge on any atom is -0.350 e. The highest BCUT2D eigenvalue weighted by atomic mass is 16.1. The van der Waals surface area contributed by atoms with Crippen LogP contribution in [0.5, 0.6) is 0 Å². The van der Waals surface area contributed by atoms with Crippen molar-refractivity contribution in [3.63, 3.8) is 0 Å². The highest BCUT2D eigenvalue weighted by molar-refractivity contribution is 5.93. The number of hydrogen-bond acceptors (Lipinski definition) is 5. The highest BCUT2D eigenvalue weighted by Crippen LogP contribution is 2.29. The number of nitrogens with one attached hydrogen (secondary N) is 3. The maximum absolute atomic E-state index is 12.0. The fourth-order valence-corrected chi connectivity index (χ4v) is 4.02. The summed E-state index contributed by atoms with van der Waals surface area (Å²) in [6.45, 7) is 0. The number of nitrogens with zero attached hydrogens (tertiary/aromatic N) is 3. The van der Waals surface area contributed by atoms with Crippen molar-refractivity contribution in [1.29, 1.82) is 0 Å². The van der Waals surface area contributed by atoms with Crippen LogP contribution in [-0.4, -0.2) is 32.1 Å². The molecule has 6 rings (SSSR count). The molecule has 36 heavy (non-hydrogen) atoms. The molecule has 0 saturated heterocycles. The monoisotopic (exact) mass is 472 g/mol. The second-order valence-corrected chi connectivity index (χ2v) is 8.84. The van der Waals surface area contributed by atoms with Crippen molar-refractivity contribution >= 4 is 34.4 Å². The summed E-state index contributed by atoms with van der Waals surface area (Å²) in [6.07, 6.45) is 9.21. The number of aromatic nitrogens is 4. The van der Waals surface area contributed by atoms with Gasteiger partial charge in [-0.15, -0.1) is 0 Å². The van der Waals surface area contributed by atoms with Gasteiger partial charge in [0.1, 0.15) is 5.82 Å². The predicted molar refractivity (Wildman–Crippen MR) is 142 cm³/mol. The Kier molecular flexibility index (Phi) is 5.71. The topological polar surface area (TPSA) is 95.6 Å². The number of carbonyl (C=O) groups excluding carboxylic acids is 1. The van der Waals surface area contributed by atoms with Crippen molar-refractivity contribution in [2.75, 3.05) is 5.32 Å². The molecule has 0 unspecified atom stereocenters. The molecule has 176 valence electrons. The Bertz CT molecular complexity index is 1550. The largest absolute Gasteiger partial charge is 0.350 e. The van der Waals surface area contributed by atoms with E-state index in [-0.39, 0.29) is 5.91 Å². The summed E-state index contributed by atoms with van der Waals surface area (Å²) >= 11 is 0. The molecule has 1 aliphatic rings. The van der Waals surface area contributed by atoms with Crippen LogP contribution in [0.2, 0.25) is 0 Å². The smallest absolute Gasteiger partial charge is 0.244 e. The van der Waals surface area contributed by atoms with Crippen molar-refractivity contribution < 1.29 is 4.79 Å². The Labute approximate surface area is 208 Å². The van der Waals surface area contributed by atoms with Crippen molar-refractivity contribution in [2.24, 2.45) is 0 Å².